The van der Waals surface area contributed by atoms with Crippen molar-refractivity contribution < 1.29 is 4.79 Å². The number of carbonyl (C=O) groups excluding carboxylic acids is 1. The summed E-state index contributed by atoms with van der Waals surface area (Å²) in [5.41, 5.74) is 2.12. The number of aromatic nitrogens is 1. The highest BCUT2D eigenvalue weighted by Crippen LogP contribution is 2.04. The van der Waals surface area contributed by atoms with Gasteiger partial charge in [-0.05, 0) is 35.9 Å². The number of amides is 1. The first kappa shape index (κ1) is 11.0. The van der Waals surface area contributed by atoms with Crippen LogP contribution in [0.4, 0.5) is 0 Å². The molecule has 0 spiro atoms. The predicted octanol–water partition coefficient (Wildman–Crippen LogP) is 1.82. The van der Waals surface area contributed by atoms with Gasteiger partial charge in [0.1, 0.15) is 0 Å². The number of hydrogen-bond donors (Lipinski definition) is 2. The summed E-state index contributed by atoms with van der Waals surface area (Å²) in [6.45, 7) is 0.488. The van der Waals surface area contributed by atoms with E-state index in [2.05, 4.69) is 10.3 Å². The first-order valence-corrected chi connectivity index (χ1v) is 5.19. The lowest BCUT2D eigenvalue weighted by molar-refractivity contribution is 0.0951. The number of benzene rings is 1. The lowest BCUT2D eigenvalue weighted by atomic mass is 10.1. The Morgan fingerprint density at radius 1 is 1.29 bits per heavy atom. The van der Waals surface area contributed by atoms with Gasteiger partial charge in [-0.1, -0.05) is 0 Å². The molecule has 0 aliphatic heterocycles. The lowest BCUT2D eigenvalue weighted by Gasteiger charge is -2.03. The van der Waals surface area contributed by atoms with E-state index in [0.717, 1.165) is 5.56 Å². The zero-order chi connectivity index (χ0) is 12.1. The molecule has 0 saturated carbocycles. The number of hydrogen-bond acceptors (Lipinski definition) is 2. The summed E-state index contributed by atoms with van der Waals surface area (Å²) >= 11 is 0. The highest BCUT2D eigenvalue weighted by molar-refractivity contribution is 5.94. The average Bonchev–Trinajstić information content (AvgIpc) is 2.89. The molecule has 1 aromatic heterocycles. The van der Waals surface area contributed by atoms with Crippen molar-refractivity contribution in [3.05, 3.63) is 59.4 Å². The minimum atomic E-state index is -0.143. The summed E-state index contributed by atoms with van der Waals surface area (Å²) in [6, 6.07) is 10.5. The Kier molecular flexibility index (Phi) is 3.22. The van der Waals surface area contributed by atoms with Gasteiger partial charge in [-0.15, -0.1) is 0 Å². The second kappa shape index (κ2) is 4.99. The molecule has 0 radical (unpaired) electrons. The maximum atomic E-state index is 11.7. The molecule has 4 nitrogen and oxygen atoms in total. The molecule has 2 N–H and O–H groups in total. The van der Waals surface area contributed by atoms with Crippen molar-refractivity contribution in [2.75, 3.05) is 0 Å². The molecule has 0 fully saturated rings. The van der Waals surface area contributed by atoms with Crippen LogP contribution in [0, 0.1) is 11.3 Å². The molecule has 0 aliphatic rings. The van der Waals surface area contributed by atoms with Crippen molar-refractivity contribution in [2.45, 2.75) is 6.54 Å². The van der Waals surface area contributed by atoms with E-state index in [1.807, 2.05) is 24.5 Å². The number of H-pyrrole nitrogens is 1. The third kappa shape index (κ3) is 2.73. The SMILES string of the molecule is N#Cc1ccc(C(=O)NCc2cc[nH]c2)cc1. The molecular formula is C13H11N3O. The van der Waals surface area contributed by atoms with Gasteiger partial charge in [0, 0.05) is 24.5 Å². The molecule has 84 valence electrons. The van der Waals surface area contributed by atoms with E-state index in [1.165, 1.54) is 0 Å². The lowest BCUT2D eigenvalue weighted by Crippen LogP contribution is -2.22. The zero-order valence-electron chi connectivity index (χ0n) is 9.10. The third-order valence-electron chi connectivity index (χ3n) is 2.39. The zero-order valence-corrected chi connectivity index (χ0v) is 9.10. The molecule has 1 heterocycles. The van der Waals surface area contributed by atoms with E-state index in [4.69, 9.17) is 5.26 Å². The fraction of sp³-hybridized carbons (Fsp3) is 0.0769. The molecule has 17 heavy (non-hydrogen) atoms. The van der Waals surface area contributed by atoms with Crippen LogP contribution in [0.1, 0.15) is 21.5 Å². The molecule has 1 amide bonds. The molecule has 0 unspecified atom stereocenters. The van der Waals surface area contributed by atoms with Gasteiger partial charge in [-0.2, -0.15) is 5.26 Å². The van der Waals surface area contributed by atoms with Crippen LogP contribution in [0.3, 0.4) is 0 Å². The predicted molar refractivity (Wildman–Crippen MR) is 63.1 cm³/mol. The smallest absolute Gasteiger partial charge is 0.251 e. The Balaban J connectivity index is 1.97. The Bertz CT molecular complexity index is 535. The van der Waals surface area contributed by atoms with Gasteiger partial charge in [-0.3, -0.25) is 4.79 Å². The van der Waals surface area contributed by atoms with Crippen molar-refractivity contribution in [1.29, 1.82) is 5.26 Å². The van der Waals surface area contributed by atoms with Gasteiger partial charge in [0.25, 0.3) is 5.91 Å². The fourth-order valence-corrected chi connectivity index (χ4v) is 1.45. The van der Waals surface area contributed by atoms with Crippen LogP contribution in [0.2, 0.25) is 0 Å². The minimum absolute atomic E-state index is 0.143. The summed E-state index contributed by atoms with van der Waals surface area (Å²) in [7, 11) is 0. The van der Waals surface area contributed by atoms with Gasteiger partial charge in [0.15, 0.2) is 0 Å². The molecular weight excluding hydrogens is 214 g/mol. The van der Waals surface area contributed by atoms with Gasteiger partial charge in [0.05, 0.1) is 11.6 Å². The number of carbonyl (C=O) groups is 1. The summed E-state index contributed by atoms with van der Waals surface area (Å²) in [6.07, 6.45) is 3.64. The second-order valence-corrected chi connectivity index (χ2v) is 3.59. The van der Waals surface area contributed by atoms with Gasteiger partial charge < -0.3 is 10.3 Å². The normalized spacial score (nSPS) is 9.59. The van der Waals surface area contributed by atoms with Crippen LogP contribution in [-0.2, 0) is 6.54 Å². The Morgan fingerprint density at radius 3 is 2.65 bits per heavy atom. The Hall–Kier alpha value is -2.54. The van der Waals surface area contributed by atoms with E-state index >= 15 is 0 Å². The molecule has 0 bridgehead atoms. The van der Waals surface area contributed by atoms with Gasteiger partial charge in [0.2, 0.25) is 0 Å². The van der Waals surface area contributed by atoms with Crippen molar-refractivity contribution in [2.24, 2.45) is 0 Å². The molecule has 1 aromatic carbocycles. The summed E-state index contributed by atoms with van der Waals surface area (Å²) in [5, 5.41) is 11.4. The topological polar surface area (TPSA) is 68.7 Å². The summed E-state index contributed by atoms with van der Waals surface area (Å²) in [4.78, 5) is 14.7. The van der Waals surface area contributed by atoms with E-state index in [0.29, 0.717) is 17.7 Å². The second-order valence-electron chi connectivity index (χ2n) is 3.59. The molecule has 0 atom stereocenters. The van der Waals surface area contributed by atoms with Crippen molar-refractivity contribution in [3.63, 3.8) is 0 Å². The van der Waals surface area contributed by atoms with Crippen LogP contribution in [-0.4, -0.2) is 10.9 Å². The number of rotatable bonds is 3. The molecule has 4 heteroatoms. The van der Waals surface area contributed by atoms with Crippen LogP contribution in [0.15, 0.2) is 42.7 Å². The van der Waals surface area contributed by atoms with E-state index in [1.54, 1.807) is 24.3 Å². The number of nitrogens with one attached hydrogen (secondary N) is 2. The molecule has 0 aliphatic carbocycles. The van der Waals surface area contributed by atoms with Crippen LogP contribution < -0.4 is 5.32 Å². The first-order chi connectivity index (χ1) is 8.29. The van der Waals surface area contributed by atoms with Crippen molar-refractivity contribution in [1.82, 2.24) is 10.3 Å². The molecule has 2 rings (SSSR count). The van der Waals surface area contributed by atoms with Crippen LogP contribution in [0.5, 0.6) is 0 Å². The third-order valence-corrected chi connectivity index (χ3v) is 2.39. The maximum absolute atomic E-state index is 11.7. The van der Waals surface area contributed by atoms with E-state index in [9.17, 15) is 4.79 Å². The Morgan fingerprint density at radius 2 is 2.06 bits per heavy atom. The monoisotopic (exact) mass is 225 g/mol. The van der Waals surface area contributed by atoms with E-state index < -0.39 is 0 Å². The van der Waals surface area contributed by atoms with Gasteiger partial charge in [-0.25, -0.2) is 0 Å². The molecule has 2 aromatic rings. The number of nitrogens with zero attached hydrogens (tertiary/aromatic N) is 1. The van der Waals surface area contributed by atoms with Crippen molar-refractivity contribution >= 4 is 5.91 Å². The summed E-state index contributed by atoms with van der Waals surface area (Å²) < 4.78 is 0. The van der Waals surface area contributed by atoms with Crippen molar-refractivity contribution in [3.8, 4) is 6.07 Å². The quantitative estimate of drug-likeness (QED) is 0.836. The first-order valence-electron chi connectivity index (χ1n) is 5.19. The van der Waals surface area contributed by atoms with E-state index in [-0.39, 0.29) is 5.91 Å². The highest BCUT2D eigenvalue weighted by Gasteiger charge is 2.04. The van der Waals surface area contributed by atoms with Crippen LogP contribution in [0.25, 0.3) is 0 Å². The average molecular weight is 225 g/mol. The number of nitriles is 1. The van der Waals surface area contributed by atoms with Gasteiger partial charge >= 0.3 is 0 Å². The maximum Gasteiger partial charge on any atom is 0.251 e. The summed E-state index contributed by atoms with van der Waals surface area (Å²) in [5.74, 6) is -0.143. The Labute approximate surface area is 98.9 Å². The fourth-order valence-electron chi connectivity index (χ4n) is 1.45. The molecule has 0 saturated heterocycles. The number of aromatic amines is 1. The minimum Gasteiger partial charge on any atom is -0.367 e. The largest absolute Gasteiger partial charge is 0.367 e. The van der Waals surface area contributed by atoms with Crippen LogP contribution >= 0.6 is 0 Å². The highest BCUT2D eigenvalue weighted by atomic mass is 16.1. The standard InChI is InChI=1S/C13H11N3O/c14-7-10-1-3-12(4-2-10)13(17)16-9-11-5-6-15-8-11/h1-6,8,15H,9H2,(H,16,17).